The van der Waals surface area contributed by atoms with Crippen LogP contribution in [0.5, 0.6) is 0 Å². The number of esters is 3. The highest BCUT2D eigenvalue weighted by atomic mass is 16.6. The predicted molar refractivity (Wildman–Crippen MR) is 98.7 cm³/mol. The highest BCUT2D eigenvalue weighted by Gasteiger charge is 2.61. The molecule has 0 radical (unpaired) electrons. The molecule has 0 bridgehead atoms. The monoisotopic (exact) mass is 390 g/mol. The Kier molecular flexibility index (Phi) is 5.23. The second-order valence-corrected chi connectivity index (χ2v) is 8.15. The molecule has 7 heteroatoms. The molecule has 1 N–H and O–H groups in total. The first kappa shape index (κ1) is 20.3. The van der Waals surface area contributed by atoms with Gasteiger partial charge in [-0.2, -0.15) is 0 Å². The summed E-state index contributed by atoms with van der Waals surface area (Å²) in [4.78, 5) is 35.9. The molecule has 0 aromatic rings. The first-order valence-corrected chi connectivity index (χ1v) is 9.35. The Hall–Kier alpha value is -2.41. The average molecular weight is 390 g/mol. The van der Waals surface area contributed by atoms with E-state index < -0.39 is 48.2 Å². The number of allylic oxidation sites excluding steroid dienone is 1. The van der Waals surface area contributed by atoms with Gasteiger partial charge in [-0.25, -0.2) is 9.59 Å². The quantitative estimate of drug-likeness (QED) is 0.338. The van der Waals surface area contributed by atoms with Crippen LogP contribution in [0.2, 0.25) is 0 Å². The van der Waals surface area contributed by atoms with Crippen LogP contribution in [0.25, 0.3) is 0 Å². The van der Waals surface area contributed by atoms with E-state index in [1.54, 1.807) is 0 Å². The van der Waals surface area contributed by atoms with Crippen molar-refractivity contribution in [2.24, 2.45) is 23.2 Å². The summed E-state index contributed by atoms with van der Waals surface area (Å²) in [7, 11) is 0. The predicted octanol–water partition coefficient (Wildman–Crippen LogP) is 1.71. The van der Waals surface area contributed by atoms with E-state index in [2.05, 4.69) is 13.2 Å². The van der Waals surface area contributed by atoms with Gasteiger partial charge in [0.15, 0.2) is 0 Å². The molecule has 1 saturated heterocycles. The summed E-state index contributed by atoms with van der Waals surface area (Å²) >= 11 is 0. The van der Waals surface area contributed by atoms with Gasteiger partial charge in [-0.3, -0.25) is 4.79 Å². The molecule has 0 aromatic heterocycles. The minimum absolute atomic E-state index is 0.0536. The number of ether oxygens (including phenoxy) is 3. The van der Waals surface area contributed by atoms with Gasteiger partial charge in [0.25, 0.3) is 0 Å². The van der Waals surface area contributed by atoms with Crippen LogP contribution in [-0.4, -0.2) is 47.9 Å². The minimum Gasteiger partial charge on any atom is -0.458 e. The summed E-state index contributed by atoms with van der Waals surface area (Å²) in [6.07, 6.45) is 2.65. The van der Waals surface area contributed by atoms with Crippen molar-refractivity contribution in [2.45, 2.75) is 45.5 Å². The van der Waals surface area contributed by atoms with Crippen LogP contribution >= 0.6 is 0 Å². The van der Waals surface area contributed by atoms with Crippen molar-refractivity contribution in [3.63, 3.8) is 0 Å². The largest absolute Gasteiger partial charge is 0.458 e. The molecule has 2 aliphatic carbocycles. The lowest BCUT2D eigenvalue weighted by molar-refractivity contribution is -0.173. The molecule has 7 atom stereocenters. The summed E-state index contributed by atoms with van der Waals surface area (Å²) in [5.41, 5.74) is -0.222. The average Bonchev–Trinajstić information content (AvgIpc) is 2.91. The van der Waals surface area contributed by atoms with E-state index in [1.165, 1.54) is 6.92 Å². The fourth-order valence-corrected chi connectivity index (χ4v) is 4.92. The highest BCUT2D eigenvalue weighted by Crippen LogP contribution is 2.56. The van der Waals surface area contributed by atoms with Gasteiger partial charge in [-0.1, -0.05) is 33.1 Å². The van der Waals surface area contributed by atoms with Crippen molar-refractivity contribution in [2.75, 3.05) is 6.61 Å². The molecule has 1 aliphatic heterocycles. The number of carbonyl (C=O) groups excluding carboxylic acids is 3. The van der Waals surface area contributed by atoms with Crippen molar-refractivity contribution in [1.82, 2.24) is 0 Å². The summed E-state index contributed by atoms with van der Waals surface area (Å²) in [6.45, 7) is 12.2. The Balaban J connectivity index is 1.96. The Morgan fingerprint density at radius 2 is 2.07 bits per heavy atom. The normalized spacial score (nSPS) is 38.9. The summed E-state index contributed by atoms with van der Waals surface area (Å²) < 4.78 is 16.7. The van der Waals surface area contributed by atoms with Gasteiger partial charge in [0, 0.05) is 24.3 Å². The fourth-order valence-electron chi connectivity index (χ4n) is 4.92. The number of fused-ring (bicyclic) bond motifs is 3. The Morgan fingerprint density at radius 3 is 2.68 bits per heavy atom. The Bertz CT molecular complexity index is 767. The number of rotatable bonds is 4. The summed E-state index contributed by atoms with van der Waals surface area (Å²) in [6, 6.07) is 0. The molecule has 1 heterocycles. The second-order valence-electron chi connectivity index (χ2n) is 8.15. The maximum absolute atomic E-state index is 12.3. The first-order chi connectivity index (χ1) is 13.1. The summed E-state index contributed by atoms with van der Waals surface area (Å²) in [5, 5.41) is 9.14. The molecular weight excluding hydrogens is 364 g/mol. The molecule has 3 aliphatic rings. The lowest BCUT2D eigenvalue weighted by atomic mass is 9.54. The van der Waals surface area contributed by atoms with Gasteiger partial charge >= 0.3 is 17.9 Å². The molecule has 2 fully saturated rings. The van der Waals surface area contributed by atoms with Crippen LogP contribution in [0.4, 0.5) is 0 Å². The third kappa shape index (κ3) is 3.28. The second kappa shape index (κ2) is 7.20. The smallest absolute Gasteiger partial charge is 0.336 e. The van der Waals surface area contributed by atoms with E-state index >= 15 is 0 Å². The van der Waals surface area contributed by atoms with Gasteiger partial charge < -0.3 is 19.3 Å². The van der Waals surface area contributed by atoms with Crippen molar-refractivity contribution >= 4 is 17.9 Å². The molecule has 0 unspecified atom stereocenters. The zero-order chi connectivity index (χ0) is 20.8. The molecule has 0 amide bonds. The van der Waals surface area contributed by atoms with Crippen LogP contribution in [0, 0.1) is 23.2 Å². The van der Waals surface area contributed by atoms with Crippen LogP contribution in [0.15, 0.2) is 36.5 Å². The lowest BCUT2D eigenvalue weighted by Crippen LogP contribution is -2.56. The Morgan fingerprint density at radius 1 is 1.39 bits per heavy atom. The number of aliphatic hydroxyl groups excluding tert-OH is 1. The highest BCUT2D eigenvalue weighted by molar-refractivity contribution is 5.92. The summed E-state index contributed by atoms with van der Waals surface area (Å²) in [5.74, 6) is -2.31. The third-order valence-electron chi connectivity index (χ3n) is 6.21. The fraction of sp³-hybridized carbons (Fsp3) is 0.571. The molecule has 7 nitrogen and oxygen atoms in total. The van der Waals surface area contributed by atoms with Crippen LogP contribution in [0.3, 0.4) is 0 Å². The van der Waals surface area contributed by atoms with Crippen LogP contribution in [-0.2, 0) is 28.6 Å². The van der Waals surface area contributed by atoms with Gasteiger partial charge in [0.2, 0.25) is 0 Å². The van der Waals surface area contributed by atoms with E-state index in [1.807, 2.05) is 26.0 Å². The van der Waals surface area contributed by atoms with E-state index in [-0.39, 0.29) is 29.0 Å². The van der Waals surface area contributed by atoms with Crippen LogP contribution in [0.1, 0.15) is 27.2 Å². The van der Waals surface area contributed by atoms with Crippen molar-refractivity contribution in [1.29, 1.82) is 0 Å². The molecule has 0 spiro atoms. The van der Waals surface area contributed by atoms with Gasteiger partial charge in [-0.15, -0.1) is 0 Å². The van der Waals surface area contributed by atoms with E-state index in [4.69, 9.17) is 19.3 Å². The maximum Gasteiger partial charge on any atom is 0.336 e. The van der Waals surface area contributed by atoms with E-state index in [9.17, 15) is 14.4 Å². The zero-order valence-electron chi connectivity index (χ0n) is 16.3. The van der Waals surface area contributed by atoms with E-state index in [0.717, 1.165) is 0 Å². The van der Waals surface area contributed by atoms with Crippen molar-refractivity contribution < 1.29 is 33.7 Å². The number of aliphatic hydroxyl groups is 1. The SMILES string of the molecule is C=C(CO)C(=O)O[C@H]1C[C@@]2(C)C=C[C@H](OC(C)=O)[C@@H](C)[C@@H]2[C@H]2OC(=O)C(=C)[C@@H]21. The molecule has 3 rings (SSSR count). The molecule has 1 saturated carbocycles. The number of hydrogen-bond acceptors (Lipinski definition) is 7. The van der Waals surface area contributed by atoms with Gasteiger partial charge in [0.05, 0.1) is 18.1 Å². The molecule has 0 aromatic carbocycles. The van der Waals surface area contributed by atoms with Crippen molar-refractivity contribution in [3.8, 4) is 0 Å². The molecule has 28 heavy (non-hydrogen) atoms. The van der Waals surface area contributed by atoms with Crippen LogP contribution < -0.4 is 0 Å². The number of carbonyl (C=O) groups is 3. The van der Waals surface area contributed by atoms with E-state index in [0.29, 0.717) is 6.42 Å². The molecule has 152 valence electrons. The van der Waals surface area contributed by atoms with Crippen molar-refractivity contribution in [3.05, 3.63) is 36.5 Å². The standard InChI is InChI=1S/C21H26O7/c1-10(9-22)19(24)27-15-8-21(5)7-6-14(26-13(4)23)11(2)17(21)18-16(15)12(3)20(25)28-18/h6-7,11,14-18,22H,1,3,8-9H2,2,4-5H3/t11-,14+,15+,16-,17-,18+,21-/m1/s1. The molecular formula is C21H26O7. The number of hydrogen-bond donors (Lipinski definition) is 1. The zero-order valence-corrected chi connectivity index (χ0v) is 16.3. The topological polar surface area (TPSA) is 99.1 Å². The Labute approximate surface area is 164 Å². The third-order valence-corrected chi connectivity index (χ3v) is 6.21. The minimum atomic E-state index is -0.703. The van der Waals surface area contributed by atoms with Gasteiger partial charge in [-0.05, 0) is 17.9 Å². The first-order valence-electron chi connectivity index (χ1n) is 9.35. The maximum atomic E-state index is 12.3. The van der Waals surface area contributed by atoms with Gasteiger partial charge in [0.1, 0.15) is 18.3 Å². The lowest BCUT2D eigenvalue weighted by Gasteiger charge is -2.53.